The van der Waals surface area contributed by atoms with Gasteiger partial charge >= 0.3 is 6.03 Å². The van der Waals surface area contributed by atoms with Crippen LogP contribution in [0.5, 0.6) is 0 Å². The minimum atomic E-state index is -0.0186. The lowest BCUT2D eigenvalue weighted by Crippen LogP contribution is -2.43. The van der Waals surface area contributed by atoms with Crippen LogP contribution in [-0.2, 0) is 6.54 Å². The molecule has 0 aromatic carbocycles. The Bertz CT molecular complexity index is 501. The second kappa shape index (κ2) is 7.16. The van der Waals surface area contributed by atoms with E-state index in [1.54, 1.807) is 0 Å². The number of urea groups is 1. The minimum absolute atomic E-state index is 0.0186. The van der Waals surface area contributed by atoms with Crippen molar-refractivity contribution in [3.8, 4) is 0 Å². The first kappa shape index (κ1) is 15.4. The van der Waals surface area contributed by atoms with E-state index in [0.717, 1.165) is 19.4 Å². The van der Waals surface area contributed by atoms with Crippen LogP contribution in [0, 0.1) is 6.92 Å². The Morgan fingerprint density at radius 2 is 2.00 bits per heavy atom. The smallest absolute Gasteiger partial charge is 0.315 e. The highest BCUT2D eigenvalue weighted by molar-refractivity contribution is 5.74. The summed E-state index contributed by atoms with van der Waals surface area (Å²) in [7, 11) is 0. The van der Waals surface area contributed by atoms with E-state index in [0.29, 0.717) is 18.5 Å². The van der Waals surface area contributed by atoms with E-state index in [4.69, 9.17) is 0 Å². The number of carbonyl (C=O) groups is 1. The zero-order chi connectivity index (χ0) is 15.4. The van der Waals surface area contributed by atoms with Gasteiger partial charge in [0.1, 0.15) is 5.82 Å². The van der Waals surface area contributed by atoms with Crippen LogP contribution in [0.25, 0.3) is 0 Å². The average Bonchev–Trinajstić information content (AvgIpc) is 2.80. The number of amides is 2. The van der Waals surface area contributed by atoms with Crippen molar-refractivity contribution in [2.24, 2.45) is 0 Å². The molecule has 5 heteroatoms. The van der Waals surface area contributed by atoms with Crippen molar-refractivity contribution in [2.75, 3.05) is 6.54 Å². The summed E-state index contributed by atoms with van der Waals surface area (Å²) in [6.45, 7) is 3.57. The van der Waals surface area contributed by atoms with Gasteiger partial charge in [-0.3, -0.25) is 0 Å². The molecule has 0 atom stereocenters. The third-order valence-electron chi connectivity index (χ3n) is 5.12. The van der Waals surface area contributed by atoms with Crippen molar-refractivity contribution in [2.45, 2.75) is 76.8 Å². The largest absolute Gasteiger partial charge is 0.336 e. The SMILES string of the molecule is Cc1cnc(C2CCC2)n1CCNC(=O)NC1CCCCC1. The Labute approximate surface area is 132 Å². The molecule has 2 fully saturated rings. The van der Waals surface area contributed by atoms with Crippen LogP contribution < -0.4 is 10.6 Å². The molecule has 1 aromatic heterocycles. The summed E-state index contributed by atoms with van der Waals surface area (Å²) in [4.78, 5) is 16.5. The second-order valence-corrected chi connectivity index (χ2v) is 6.77. The Balaban J connectivity index is 1.44. The highest BCUT2D eigenvalue weighted by Gasteiger charge is 2.24. The fourth-order valence-corrected chi connectivity index (χ4v) is 3.53. The van der Waals surface area contributed by atoms with Crippen molar-refractivity contribution >= 4 is 6.03 Å². The first-order valence-corrected chi connectivity index (χ1v) is 8.80. The normalized spacial score (nSPS) is 19.7. The van der Waals surface area contributed by atoms with Crippen LogP contribution in [0.4, 0.5) is 4.79 Å². The molecule has 3 rings (SSSR count). The monoisotopic (exact) mass is 304 g/mol. The zero-order valence-electron chi connectivity index (χ0n) is 13.6. The first-order valence-electron chi connectivity index (χ1n) is 8.80. The van der Waals surface area contributed by atoms with E-state index >= 15 is 0 Å². The quantitative estimate of drug-likeness (QED) is 0.878. The van der Waals surface area contributed by atoms with Gasteiger partial charge < -0.3 is 15.2 Å². The van der Waals surface area contributed by atoms with Gasteiger partial charge in [0.05, 0.1) is 0 Å². The van der Waals surface area contributed by atoms with E-state index in [1.807, 2.05) is 6.20 Å². The number of nitrogens with zero attached hydrogens (tertiary/aromatic N) is 2. The summed E-state index contributed by atoms with van der Waals surface area (Å²) in [6.07, 6.45) is 11.8. The summed E-state index contributed by atoms with van der Waals surface area (Å²) < 4.78 is 2.27. The second-order valence-electron chi connectivity index (χ2n) is 6.77. The molecular weight excluding hydrogens is 276 g/mol. The zero-order valence-corrected chi connectivity index (χ0v) is 13.6. The van der Waals surface area contributed by atoms with Crippen LogP contribution in [0.2, 0.25) is 0 Å². The van der Waals surface area contributed by atoms with E-state index in [2.05, 4.69) is 27.1 Å². The van der Waals surface area contributed by atoms with Crippen molar-refractivity contribution in [3.05, 3.63) is 17.7 Å². The Morgan fingerprint density at radius 3 is 2.68 bits per heavy atom. The van der Waals surface area contributed by atoms with Gasteiger partial charge in [0.2, 0.25) is 0 Å². The van der Waals surface area contributed by atoms with Crippen molar-refractivity contribution in [3.63, 3.8) is 0 Å². The van der Waals surface area contributed by atoms with Gasteiger partial charge in [-0.1, -0.05) is 25.7 Å². The van der Waals surface area contributed by atoms with E-state index in [-0.39, 0.29) is 6.03 Å². The predicted octanol–water partition coefficient (Wildman–Crippen LogP) is 3.09. The number of aromatic nitrogens is 2. The Morgan fingerprint density at radius 1 is 1.23 bits per heavy atom. The van der Waals surface area contributed by atoms with Crippen LogP contribution >= 0.6 is 0 Å². The first-order chi connectivity index (χ1) is 10.7. The van der Waals surface area contributed by atoms with Crippen LogP contribution in [0.15, 0.2) is 6.20 Å². The van der Waals surface area contributed by atoms with Gasteiger partial charge in [0.25, 0.3) is 0 Å². The van der Waals surface area contributed by atoms with Gasteiger partial charge in [-0.15, -0.1) is 0 Å². The number of hydrogen-bond acceptors (Lipinski definition) is 2. The molecule has 0 bridgehead atoms. The topological polar surface area (TPSA) is 59.0 Å². The molecule has 2 saturated carbocycles. The van der Waals surface area contributed by atoms with Crippen LogP contribution in [-0.4, -0.2) is 28.2 Å². The summed E-state index contributed by atoms with van der Waals surface area (Å²) in [5.41, 5.74) is 1.19. The van der Waals surface area contributed by atoms with Crippen LogP contribution in [0.1, 0.15) is 68.8 Å². The fraction of sp³-hybridized carbons (Fsp3) is 0.765. The summed E-state index contributed by atoms with van der Waals surface area (Å²) >= 11 is 0. The number of aryl methyl sites for hydroxylation is 1. The lowest BCUT2D eigenvalue weighted by molar-refractivity contribution is 0.232. The Hall–Kier alpha value is -1.52. The van der Waals surface area contributed by atoms with E-state index in [9.17, 15) is 4.79 Å². The van der Waals surface area contributed by atoms with Crippen LogP contribution in [0.3, 0.4) is 0 Å². The molecule has 2 aliphatic carbocycles. The van der Waals surface area contributed by atoms with Gasteiger partial charge in [-0.25, -0.2) is 9.78 Å². The van der Waals surface area contributed by atoms with Gasteiger partial charge in [-0.05, 0) is 32.6 Å². The number of nitrogens with one attached hydrogen (secondary N) is 2. The van der Waals surface area contributed by atoms with Gasteiger partial charge in [-0.2, -0.15) is 0 Å². The lowest BCUT2D eigenvalue weighted by Gasteiger charge is -2.26. The molecule has 5 nitrogen and oxygen atoms in total. The molecule has 0 spiro atoms. The third kappa shape index (κ3) is 3.62. The summed E-state index contributed by atoms with van der Waals surface area (Å²) in [6, 6.07) is 0.351. The number of imidazole rings is 1. The third-order valence-corrected chi connectivity index (χ3v) is 5.12. The molecule has 0 aliphatic heterocycles. The predicted molar refractivity (Wildman–Crippen MR) is 87.0 cm³/mol. The maximum absolute atomic E-state index is 12.0. The molecule has 122 valence electrons. The molecule has 0 unspecified atom stereocenters. The standard InChI is InChI=1S/C17H28N4O/c1-13-12-19-16(14-6-5-7-14)21(13)11-10-18-17(22)20-15-8-3-2-4-9-15/h12,14-15H,2-11H2,1H3,(H2,18,20,22). The molecule has 1 heterocycles. The van der Waals surface area contributed by atoms with Crippen molar-refractivity contribution < 1.29 is 4.79 Å². The minimum Gasteiger partial charge on any atom is -0.336 e. The van der Waals surface area contributed by atoms with Gasteiger partial charge in [0.15, 0.2) is 0 Å². The van der Waals surface area contributed by atoms with Crippen molar-refractivity contribution in [1.82, 2.24) is 20.2 Å². The average molecular weight is 304 g/mol. The highest BCUT2D eigenvalue weighted by atomic mass is 16.2. The number of rotatable bonds is 5. The lowest BCUT2D eigenvalue weighted by atomic mass is 9.85. The molecule has 22 heavy (non-hydrogen) atoms. The van der Waals surface area contributed by atoms with E-state index in [1.165, 1.54) is 50.0 Å². The van der Waals surface area contributed by atoms with E-state index < -0.39 is 0 Å². The van der Waals surface area contributed by atoms with Gasteiger partial charge in [0, 0.05) is 36.9 Å². The maximum Gasteiger partial charge on any atom is 0.315 e. The molecule has 2 aliphatic rings. The number of carbonyl (C=O) groups excluding carboxylic acids is 1. The summed E-state index contributed by atoms with van der Waals surface area (Å²) in [5, 5.41) is 6.10. The molecule has 2 amide bonds. The Kier molecular flexibility index (Phi) is 5.01. The molecular formula is C17H28N4O. The maximum atomic E-state index is 12.0. The molecule has 0 saturated heterocycles. The fourth-order valence-electron chi connectivity index (χ4n) is 3.53. The molecule has 2 N–H and O–H groups in total. The molecule has 1 aromatic rings. The molecule has 0 radical (unpaired) electrons. The van der Waals surface area contributed by atoms with Crippen molar-refractivity contribution in [1.29, 1.82) is 0 Å². The summed E-state index contributed by atoms with van der Waals surface area (Å²) in [5.74, 6) is 1.84. The highest BCUT2D eigenvalue weighted by Crippen LogP contribution is 2.35. The number of hydrogen-bond donors (Lipinski definition) is 2.